The highest BCUT2D eigenvalue weighted by Crippen LogP contribution is 2.17. The van der Waals surface area contributed by atoms with E-state index in [0.29, 0.717) is 41.4 Å². The molecule has 4 rings (SSSR count). The van der Waals surface area contributed by atoms with E-state index in [2.05, 4.69) is 15.1 Å². The Hall–Kier alpha value is -3.17. The topological polar surface area (TPSA) is 81.2 Å². The summed E-state index contributed by atoms with van der Waals surface area (Å²) in [5, 5.41) is 4.98. The number of benzene rings is 2. The molecule has 2 aromatic carbocycles. The third-order valence-corrected chi connectivity index (χ3v) is 4.94. The molecular formula is C20H19FN5O2S+. The third-order valence-electron chi connectivity index (χ3n) is 4.65. The molecule has 2 N–H and O–H groups in total. The zero-order chi connectivity index (χ0) is 20.4. The Labute approximate surface area is 170 Å². The van der Waals surface area contributed by atoms with Crippen LogP contribution in [0.2, 0.25) is 0 Å². The van der Waals surface area contributed by atoms with E-state index in [0.717, 1.165) is 11.4 Å². The molecule has 0 saturated carbocycles. The molecule has 0 aliphatic carbocycles. The fourth-order valence-electron chi connectivity index (χ4n) is 3.08. The maximum atomic E-state index is 13.1. The van der Waals surface area contributed by atoms with Gasteiger partial charge in [0.1, 0.15) is 12.4 Å². The van der Waals surface area contributed by atoms with Gasteiger partial charge in [0, 0.05) is 5.56 Å². The van der Waals surface area contributed by atoms with Crippen molar-refractivity contribution in [1.82, 2.24) is 19.7 Å². The number of aromatic nitrogens is 4. The minimum atomic E-state index is -0.328. The van der Waals surface area contributed by atoms with Crippen molar-refractivity contribution in [2.24, 2.45) is 0 Å². The number of H-pyrrole nitrogens is 1. The average Bonchev–Trinajstić information content (AvgIpc) is 3.08. The van der Waals surface area contributed by atoms with Gasteiger partial charge in [0.05, 0.1) is 17.4 Å². The lowest BCUT2D eigenvalue weighted by Gasteiger charge is -2.16. The van der Waals surface area contributed by atoms with E-state index in [1.54, 1.807) is 22.9 Å². The van der Waals surface area contributed by atoms with Crippen molar-refractivity contribution in [1.29, 1.82) is 0 Å². The van der Waals surface area contributed by atoms with Crippen LogP contribution in [0.1, 0.15) is 12.7 Å². The minimum Gasteiger partial charge on any atom is -0.409 e. The SMILES string of the molecule is CC[NH+](Cc1nc2ccccc2c(=O)[nH]1)Cn1nc(-c2ccc(F)cc2)oc1=S. The summed E-state index contributed by atoms with van der Waals surface area (Å²) >= 11 is 5.29. The Morgan fingerprint density at radius 3 is 2.72 bits per heavy atom. The molecule has 0 radical (unpaired) electrons. The van der Waals surface area contributed by atoms with Crippen LogP contribution in [0.5, 0.6) is 0 Å². The van der Waals surface area contributed by atoms with Crippen molar-refractivity contribution >= 4 is 23.1 Å². The molecule has 1 unspecified atom stereocenters. The number of nitrogens with one attached hydrogen (secondary N) is 2. The summed E-state index contributed by atoms with van der Waals surface area (Å²) in [4.78, 5) is 21.0. The van der Waals surface area contributed by atoms with Gasteiger partial charge in [-0.15, -0.1) is 5.10 Å². The van der Waals surface area contributed by atoms with Crippen LogP contribution in [0, 0.1) is 10.7 Å². The Bertz CT molecular complexity index is 1260. The summed E-state index contributed by atoms with van der Waals surface area (Å²) in [6.07, 6.45) is 0. The molecule has 0 aliphatic rings. The fraction of sp³-hybridized carbons (Fsp3) is 0.200. The Morgan fingerprint density at radius 1 is 1.21 bits per heavy atom. The largest absolute Gasteiger partial charge is 0.409 e. The number of nitrogens with zero attached hydrogens (tertiary/aromatic N) is 3. The maximum Gasteiger partial charge on any atom is 0.292 e. The molecule has 7 nitrogen and oxygen atoms in total. The van der Waals surface area contributed by atoms with Gasteiger partial charge in [-0.3, -0.25) is 4.79 Å². The van der Waals surface area contributed by atoms with Gasteiger partial charge in [0.25, 0.3) is 10.4 Å². The van der Waals surface area contributed by atoms with E-state index in [-0.39, 0.29) is 16.2 Å². The minimum absolute atomic E-state index is 0.155. The van der Waals surface area contributed by atoms with Gasteiger partial charge in [-0.2, -0.15) is 4.68 Å². The van der Waals surface area contributed by atoms with Crippen molar-refractivity contribution in [3.63, 3.8) is 0 Å². The number of quaternary nitrogens is 1. The molecule has 1 atom stereocenters. The van der Waals surface area contributed by atoms with Crippen LogP contribution in [0.25, 0.3) is 22.4 Å². The predicted octanol–water partition coefficient (Wildman–Crippen LogP) is 2.31. The molecular weight excluding hydrogens is 393 g/mol. The molecule has 0 bridgehead atoms. The predicted molar refractivity (Wildman–Crippen MR) is 108 cm³/mol. The van der Waals surface area contributed by atoms with Crippen molar-refractivity contribution in [2.45, 2.75) is 20.1 Å². The number of hydrogen-bond donors (Lipinski definition) is 2. The highest BCUT2D eigenvalue weighted by molar-refractivity contribution is 7.71. The first kappa shape index (κ1) is 19.2. The van der Waals surface area contributed by atoms with E-state index in [4.69, 9.17) is 16.6 Å². The Balaban J connectivity index is 1.56. The lowest BCUT2D eigenvalue weighted by molar-refractivity contribution is -0.936. The van der Waals surface area contributed by atoms with Gasteiger partial charge < -0.3 is 14.3 Å². The van der Waals surface area contributed by atoms with Crippen LogP contribution in [-0.2, 0) is 13.2 Å². The van der Waals surface area contributed by atoms with E-state index in [9.17, 15) is 9.18 Å². The number of halogens is 1. The van der Waals surface area contributed by atoms with Gasteiger partial charge in [0.2, 0.25) is 5.89 Å². The maximum absolute atomic E-state index is 13.1. The summed E-state index contributed by atoms with van der Waals surface area (Å²) in [7, 11) is 0. The highest BCUT2D eigenvalue weighted by Gasteiger charge is 2.15. The molecule has 0 spiro atoms. The summed E-state index contributed by atoms with van der Waals surface area (Å²) in [5.74, 6) is 0.604. The van der Waals surface area contributed by atoms with E-state index < -0.39 is 0 Å². The van der Waals surface area contributed by atoms with E-state index in [1.807, 2.05) is 25.1 Å². The van der Waals surface area contributed by atoms with Gasteiger partial charge in [-0.1, -0.05) is 12.1 Å². The first-order valence-corrected chi connectivity index (χ1v) is 9.59. The average molecular weight is 412 g/mol. The molecule has 0 saturated heterocycles. The van der Waals surface area contributed by atoms with Gasteiger partial charge >= 0.3 is 0 Å². The molecule has 0 fully saturated rings. The van der Waals surface area contributed by atoms with Crippen LogP contribution < -0.4 is 10.5 Å². The standard InChI is InChI=1S/C20H18FN5O2S/c1-2-25(11-17-22-16-6-4-3-5-15(16)18(27)23-17)12-26-20(29)28-19(24-26)13-7-9-14(21)10-8-13/h3-10H,2,11-12H2,1H3,(H,22,23,27)/p+1. The lowest BCUT2D eigenvalue weighted by atomic mass is 10.2. The van der Waals surface area contributed by atoms with Gasteiger partial charge in [0.15, 0.2) is 12.5 Å². The first-order valence-electron chi connectivity index (χ1n) is 9.19. The zero-order valence-corrected chi connectivity index (χ0v) is 16.5. The fourth-order valence-corrected chi connectivity index (χ4v) is 3.26. The summed E-state index contributed by atoms with van der Waals surface area (Å²) in [6.45, 7) is 3.73. The van der Waals surface area contributed by atoms with E-state index in [1.165, 1.54) is 12.1 Å². The summed E-state index contributed by atoms with van der Waals surface area (Å²) < 4.78 is 20.3. The van der Waals surface area contributed by atoms with Crippen LogP contribution in [0.4, 0.5) is 4.39 Å². The second kappa shape index (κ2) is 8.06. The molecule has 29 heavy (non-hydrogen) atoms. The van der Waals surface area contributed by atoms with Crippen molar-refractivity contribution in [3.05, 3.63) is 75.4 Å². The number of fused-ring (bicyclic) bond motifs is 1. The normalized spacial score (nSPS) is 12.3. The second-order valence-electron chi connectivity index (χ2n) is 6.65. The van der Waals surface area contributed by atoms with Gasteiger partial charge in [-0.25, -0.2) is 9.37 Å². The van der Waals surface area contributed by atoms with Crippen molar-refractivity contribution in [2.75, 3.05) is 6.54 Å². The lowest BCUT2D eigenvalue weighted by Crippen LogP contribution is -3.09. The molecule has 148 valence electrons. The van der Waals surface area contributed by atoms with E-state index >= 15 is 0 Å². The van der Waals surface area contributed by atoms with Crippen LogP contribution in [-0.4, -0.2) is 26.3 Å². The number of para-hydroxylation sites is 1. The first-order chi connectivity index (χ1) is 14.0. The number of aromatic amines is 1. The Kier molecular flexibility index (Phi) is 5.32. The molecule has 4 aromatic rings. The zero-order valence-electron chi connectivity index (χ0n) is 15.7. The number of rotatable bonds is 6. The number of hydrogen-bond acceptors (Lipinski definition) is 5. The quantitative estimate of drug-likeness (QED) is 0.475. The summed E-state index contributed by atoms with van der Waals surface area (Å²) in [6, 6.07) is 13.1. The van der Waals surface area contributed by atoms with Crippen molar-refractivity contribution in [3.8, 4) is 11.5 Å². The summed E-state index contributed by atoms with van der Waals surface area (Å²) in [5.41, 5.74) is 1.16. The second-order valence-corrected chi connectivity index (χ2v) is 7.00. The monoisotopic (exact) mass is 412 g/mol. The van der Waals surface area contributed by atoms with Crippen LogP contribution in [0.3, 0.4) is 0 Å². The molecule has 9 heteroatoms. The molecule has 2 aromatic heterocycles. The van der Waals surface area contributed by atoms with Crippen molar-refractivity contribution < 1.29 is 13.7 Å². The third kappa shape index (κ3) is 4.15. The van der Waals surface area contributed by atoms with Crippen LogP contribution >= 0.6 is 12.2 Å². The smallest absolute Gasteiger partial charge is 0.292 e. The van der Waals surface area contributed by atoms with Gasteiger partial charge in [-0.05, 0) is 55.5 Å². The Morgan fingerprint density at radius 2 is 1.97 bits per heavy atom. The van der Waals surface area contributed by atoms with Crippen LogP contribution in [0.15, 0.2) is 57.7 Å². The molecule has 0 amide bonds. The molecule has 0 aliphatic heterocycles. The highest BCUT2D eigenvalue weighted by atomic mass is 32.1. The molecule has 2 heterocycles.